The molecule has 0 amide bonds. The van der Waals surface area contributed by atoms with Gasteiger partial charge in [-0.2, -0.15) is 0 Å². The SMILES string of the molecule is O=c1ccc(-c2cnc(Br)nc2)c[nH]1. The first-order valence-corrected chi connectivity index (χ1v) is 4.72. The van der Waals surface area contributed by atoms with E-state index in [4.69, 9.17) is 0 Å². The summed E-state index contributed by atoms with van der Waals surface area (Å²) in [5.41, 5.74) is 1.63. The largest absolute Gasteiger partial charge is 0.328 e. The summed E-state index contributed by atoms with van der Waals surface area (Å²) >= 11 is 3.15. The van der Waals surface area contributed by atoms with Gasteiger partial charge in [0, 0.05) is 35.8 Å². The lowest BCUT2D eigenvalue weighted by Gasteiger charge is -1.98. The molecule has 70 valence electrons. The van der Waals surface area contributed by atoms with E-state index in [-0.39, 0.29) is 5.56 Å². The highest BCUT2D eigenvalue weighted by Crippen LogP contribution is 2.15. The van der Waals surface area contributed by atoms with E-state index in [1.165, 1.54) is 6.07 Å². The van der Waals surface area contributed by atoms with E-state index in [0.29, 0.717) is 4.73 Å². The predicted octanol–water partition coefficient (Wildman–Crippen LogP) is 1.59. The summed E-state index contributed by atoms with van der Waals surface area (Å²) in [7, 11) is 0. The van der Waals surface area contributed by atoms with Crippen LogP contribution in [0.2, 0.25) is 0 Å². The fraction of sp³-hybridized carbons (Fsp3) is 0. The van der Waals surface area contributed by atoms with Crippen LogP contribution in [-0.2, 0) is 0 Å². The molecule has 0 aliphatic carbocycles. The first kappa shape index (κ1) is 9.08. The third kappa shape index (κ3) is 1.88. The number of nitrogens with zero attached hydrogens (tertiary/aromatic N) is 2. The molecule has 0 aromatic carbocycles. The van der Waals surface area contributed by atoms with Crippen LogP contribution in [0.3, 0.4) is 0 Å². The monoisotopic (exact) mass is 251 g/mol. The van der Waals surface area contributed by atoms with Gasteiger partial charge in [-0.05, 0) is 22.0 Å². The smallest absolute Gasteiger partial charge is 0.247 e. The van der Waals surface area contributed by atoms with E-state index >= 15 is 0 Å². The average molecular weight is 252 g/mol. The minimum Gasteiger partial charge on any atom is -0.328 e. The van der Waals surface area contributed by atoms with Crippen LogP contribution in [-0.4, -0.2) is 15.0 Å². The van der Waals surface area contributed by atoms with Crippen molar-refractivity contribution < 1.29 is 0 Å². The Hall–Kier alpha value is -1.49. The summed E-state index contributed by atoms with van der Waals surface area (Å²) in [4.78, 5) is 21.4. The van der Waals surface area contributed by atoms with Crippen LogP contribution in [0.15, 0.2) is 40.3 Å². The number of hydrogen-bond acceptors (Lipinski definition) is 3. The summed E-state index contributed by atoms with van der Waals surface area (Å²) in [6, 6.07) is 3.20. The molecule has 2 aromatic rings. The molecule has 0 radical (unpaired) electrons. The highest BCUT2D eigenvalue weighted by molar-refractivity contribution is 9.10. The summed E-state index contributed by atoms with van der Waals surface area (Å²) in [6.45, 7) is 0. The summed E-state index contributed by atoms with van der Waals surface area (Å²) in [5, 5.41) is 0. The molecule has 14 heavy (non-hydrogen) atoms. The molecule has 2 aromatic heterocycles. The van der Waals surface area contributed by atoms with E-state index < -0.39 is 0 Å². The number of aromatic nitrogens is 3. The van der Waals surface area contributed by atoms with Gasteiger partial charge in [0.1, 0.15) is 0 Å². The van der Waals surface area contributed by atoms with Crippen LogP contribution < -0.4 is 5.56 Å². The molecular weight excluding hydrogens is 246 g/mol. The molecule has 5 heteroatoms. The quantitative estimate of drug-likeness (QED) is 0.784. The zero-order chi connectivity index (χ0) is 9.97. The second-order valence-electron chi connectivity index (χ2n) is 2.68. The Morgan fingerprint density at radius 3 is 2.43 bits per heavy atom. The third-order valence-electron chi connectivity index (χ3n) is 1.74. The maximum absolute atomic E-state index is 10.8. The van der Waals surface area contributed by atoms with Gasteiger partial charge in [-0.15, -0.1) is 0 Å². The Bertz CT molecular complexity index is 472. The number of pyridine rings is 1. The van der Waals surface area contributed by atoms with Crippen molar-refractivity contribution in [2.75, 3.05) is 0 Å². The summed E-state index contributed by atoms with van der Waals surface area (Å²) < 4.78 is 0.547. The van der Waals surface area contributed by atoms with Crippen molar-refractivity contribution in [3.05, 3.63) is 45.8 Å². The van der Waals surface area contributed by atoms with E-state index in [1.54, 1.807) is 24.7 Å². The maximum atomic E-state index is 10.8. The summed E-state index contributed by atoms with van der Waals surface area (Å²) in [5.74, 6) is 0. The fourth-order valence-electron chi connectivity index (χ4n) is 1.05. The molecule has 4 nitrogen and oxygen atoms in total. The lowest BCUT2D eigenvalue weighted by molar-refractivity contribution is 1.11. The van der Waals surface area contributed by atoms with Crippen LogP contribution in [0.4, 0.5) is 0 Å². The van der Waals surface area contributed by atoms with Gasteiger partial charge in [0.15, 0.2) is 4.73 Å². The molecule has 0 aliphatic rings. The van der Waals surface area contributed by atoms with Crippen molar-refractivity contribution in [1.29, 1.82) is 0 Å². The molecule has 0 aliphatic heterocycles. The van der Waals surface area contributed by atoms with Crippen molar-refractivity contribution in [3.8, 4) is 11.1 Å². The van der Waals surface area contributed by atoms with Gasteiger partial charge in [-0.1, -0.05) is 0 Å². The standard InChI is InChI=1S/C9H6BrN3O/c10-9-12-4-7(5-13-9)6-1-2-8(14)11-3-6/h1-5H,(H,11,14). The van der Waals surface area contributed by atoms with Crippen molar-refractivity contribution in [3.63, 3.8) is 0 Å². The van der Waals surface area contributed by atoms with Gasteiger partial charge >= 0.3 is 0 Å². The number of H-pyrrole nitrogens is 1. The van der Waals surface area contributed by atoms with Crippen molar-refractivity contribution >= 4 is 15.9 Å². The van der Waals surface area contributed by atoms with Gasteiger partial charge in [0.05, 0.1) is 0 Å². The summed E-state index contributed by atoms with van der Waals surface area (Å²) in [6.07, 6.45) is 5.00. The minimum absolute atomic E-state index is 0.119. The van der Waals surface area contributed by atoms with Gasteiger partial charge in [0.25, 0.3) is 0 Å². The van der Waals surface area contributed by atoms with E-state index in [1.807, 2.05) is 0 Å². The Balaban J connectivity index is 2.44. The molecule has 0 saturated heterocycles. The number of rotatable bonds is 1. The molecule has 2 heterocycles. The normalized spacial score (nSPS) is 10.1. The first-order chi connectivity index (χ1) is 6.75. The zero-order valence-electron chi connectivity index (χ0n) is 7.07. The van der Waals surface area contributed by atoms with E-state index in [9.17, 15) is 4.79 Å². The van der Waals surface area contributed by atoms with Crippen molar-refractivity contribution in [2.45, 2.75) is 0 Å². The molecule has 0 saturated carbocycles. The Labute approximate surface area is 88.2 Å². The predicted molar refractivity (Wildman–Crippen MR) is 55.8 cm³/mol. The molecule has 0 atom stereocenters. The highest BCUT2D eigenvalue weighted by atomic mass is 79.9. The van der Waals surface area contributed by atoms with Gasteiger partial charge < -0.3 is 4.98 Å². The number of hydrogen-bond donors (Lipinski definition) is 1. The maximum Gasteiger partial charge on any atom is 0.247 e. The zero-order valence-corrected chi connectivity index (χ0v) is 8.65. The van der Waals surface area contributed by atoms with Crippen LogP contribution in [0.5, 0.6) is 0 Å². The first-order valence-electron chi connectivity index (χ1n) is 3.92. The van der Waals surface area contributed by atoms with Crippen LogP contribution in [0.1, 0.15) is 0 Å². The Morgan fingerprint density at radius 1 is 1.14 bits per heavy atom. The minimum atomic E-state index is -0.119. The second kappa shape index (κ2) is 3.71. The van der Waals surface area contributed by atoms with Gasteiger partial charge in [-0.3, -0.25) is 4.79 Å². The Morgan fingerprint density at radius 2 is 1.86 bits per heavy atom. The van der Waals surface area contributed by atoms with Gasteiger partial charge in [0.2, 0.25) is 5.56 Å². The van der Waals surface area contributed by atoms with E-state index in [2.05, 4.69) is 30.9 Å². The molecular formula is C9H6BrN3O. The van der Waals surface area contributed by atoms with Crippen LogP contribution in [0.25, 0.3) is 11.1 Å². The second-order valence-corrected chi connectivity index (χ2v) is 3.39. The van der Waals surface area contributed by atoms with Gasteiger partial charge in [-0.25, -0.2) is 9.97 Å². The lowest BCUT2D eigenvalue weighted by atomic mass is 10.2. The number of halogens is 1. The molecule has 0 spiro atoms. The number of aromatic amines is 1. The van der Waals surface area contributed by atoms with Crippen molar-refractivity contribution in [1.82, 2.24) is 15.0 Å². The average Bonchev–Trinajstić information content (AvgIpc) is 2.21. The molecule has 2 rings (SSSR count). The third-order valence-corrected chi connectivity index (χ3v) is 2.15. The van der Waals surface area contributed by atoms with Crippen molar-refractivity contribution in [2.24, 2.45) is 0 Å². The molecule has 0 bridgehead atoms. The molecule has 1 N–H and O–H groups in total. The molecule has 0 unspecified atom stereocenters. The topological polar surface area (TPSA) is 58.6 Å². The lowest BCUT2D eigenvalue weighted by Crippen LogP contribution is -2.01. The Kier molecular flexibility index (Phi) is 2.41. The van der Waals surface area contributed by atoms with Crippen LogP contribution >= 0.6 is 15.9 Å². The molecule has 0 fully saturated rings. The highest BCUT2D eigenvalue weighted by Gasteiger charge is 1.98. The fourth-order valence-corrected chi connectivity index (χ4v) is 1.26. The van der Waals surface area contributed by atoms with E-state index in [0.717, 1.165) is 11.1 Å². The van der Waals surface area contributed by atoms with Crippen LogP contribution in [0, 0.1) is 0 Å². The number of nitrogens with one attached hydrogen (secondary N) is 1.